The highest BCUT2D eigenvalue weighted by Gasteiger charge is 2.59. The van der Waals surface area contributed by atoms with E-state index in [0.717, 1.165) is 0 Å². The molecule has 2 aliphatic heterocycles. The number of aliphatic hydroxyl groups excluding tert-OH is 7. The summed E-state index contributed by atoms with van der Waals surface area (Å²) in [7, 11) is 0. The van der Waals surface area contributed by atoms with Crippen LogP contribution in [0.4, 0.5) is 0 Å². The Morgan fingerprint density at radius 1 is 0.826 bits per heavy atom. The van der Waals surface area contributed by atoms with Crippen LogP contribution in [-0.4, -0.2) is 115 Å². The second kappa shape index (κ2) is 6.82. The summed E-state index contributed by atoms with van der Waals surface area (Å²) >= 11 is 0. The van der Waals surface area contributed by atoms with Gasteiger partial charge in [0.1, 0.15) is 49.8 Å². The molecule has 0 amide bonds. The summed E-state index contributed by atoms with van der Waals surface area (Å²) in [5, 5.41) is 76.7. The maximum Gasteiger partial charge on any atom is 0.221 e. The first-order valence-corrected chi connectivity index (χ1v) is 7.01. The van der Waals surface area contributed by atoms with Gasteiger partial charge in [0.15, 0.2) is 0 Å². The standard InChI is InChI=1S/C12H22O11/c13-1-5-7(16)9(18)11(20,22-5)4-21-12(3-15)10(19)8(17)6(2-14)23-12/h5-10,13-20H,1-4H2/t5-,6-,7-,8-,9+,10+,11-,12-/m1/s1. The van der Waals surface area contributed by atoms with Crippen LogP contribution >= 0.6 is 0 Å². The third-order valence-electron chi connectivity index (χ3n) is 4.13. The van der Waals surface area contributed by atoms with E-state index < -0.39 is 74.6 Å². The Morgan fingerprint density at radius 3 is 1.78 bits per heavy atom. The summed E-state index contributed by atoms with van der Waals surface area (Å²) in [6.07, 6.45) is -9.18. The molecule has 11 heteroatoms. The van der Waals surface area contributed by atoms with Crippen molar-refractivity contribution in [1.29, 1.82) is 0 Å². The molecule has 11 nitrogen and oxygen atoms in total. The molecule has 8 atom stereocenters. The highest BCUT2D eigenvalue weighted by atomic mass is 16.8. The van der Waals surface area contributed by atoms with Gasteiger partial charge in [-0.1, -0.05) is 0 Å². The van der Waals surface area contributed by atoms with Crippen molar-refractivity contribution in [3.8, 4) is 0 Å². The van der Waals surface area contributed by atoms with E-state index in [0.29, 0.717) is 0 Å². The molecular formula is C12H22O11. The Balaban J connectivity index is 2.09. The third kappa shape index (κ3) is 3.10. The van der Waals surface area contributed by atoms with Gasteiger partial charge in [0.25, 0.3) is 0 Å². The highest BCUT2D eigenvalue weighted by Crippen LogP contribution is 2.35. The number of ether oxygens (including phenoxy) is 3. The van der Waals surface area contributed by atoms with E-state index in [4.69, 9.17) is 24.4 Å². The molecule has 23 heavy (non-hydrogen) atoms. The van der Waals surface area contributed by atoms with Gasteiger partial charge in [-0.3, -0.25) is 0 Å². The molecule has 2 aliphatic rings. The van der Waals surface area contributed by atoms with E-state index in [9.17, 15) is 30.6 Å². The number of rotatable bonds is 6. The molecule has 0 unspecified atom stereocenters. The molecule has 2 rings (SSSR count). The molecule has 0 spiro atoms. The zero-order valence-corrected chi connectivity index (χ0v) is 12.1. The lowest BCUT2D eigenvalue weighted by Gasteiger charge is -2.34. The molecule has 0 bridgehead atoms. The van der Waals surface area contributed by atoms with Crippen LogP contribution in [0, 0.1) is 0 Å². The number of aliphatic hydroxyl groups is 8. The minimum Gasteiger partial charge on any atom is -0.394 e. The van der Waals surface area contributed by atoms with Crippen LogP contribution in [0.1, 0.15) is 0 Å². The summed E-state index contributed by atoms with van der Waals surface area (Å²) < 4.78 is 15.2. The topological polar surface area (TPSA) is 190 Å². The molecule has 0 radical (unpaired) electrons. The summed E-state index contributed by atoms with van der Waals surface area (Å²) in [5.74, 6) is -4.59. The van der Waals surface area contributed by atoms with Crippen LogP contribution in [-0.2, 0) is 14.2 Å². The van der Waals surface area contributed by atoms with Crippen molar-refractivity contribution in [3.63, 3.8) is 0 Å². The monoisotopic (exact) mass is 342 g/mol. The fraction of sp³-hybridized carbons (Fsp3) is 1.00. The number of hydrogen-bond acceptors (Lipinski definition) is 11. The van der Waals surface area contributed by atoms with Gasteiger partial charge in [-0.15, -0.1) is 0 Å². The zero-order valence-electron chi connectivity index (χ0n) is 12.1. The van der Waals surface area contributed by atoms with Crippen LogP contribution in [0.15, 0.2) is 0 Å². The van der Waals surface area contributed by atoms with E-state index in [1.54, 1.807) is 0 Å². The first kappa shape index (κ1) is 18.9. The van der Waals surface area contributed by atoms with Crippen LogP contribution in [0.2, 0.25) is 0 Å². The molecule has 0 aromatic heterocycles. The van der Waals surface area contributed by atoms with Gasteiger partial charge in [-0.25, -0.2) is 0 Å². The Kier molecular flexibility index (Phi) is 5.60. The molecule has 0 aromatic rings. The predicted octanol–water partition coefficient (Wildman–Crippen LogP) is -5.39. The average molecular weight is 342 g/mol. The summed E-state index contributed by atoms with van der Waals surface area (Å²) in [5.41, 5.74) is 0. The smallest absolute Gasteiger partial charge is 0.221 e. The highest BCUT2D eigenvalue weighted by molar-refractivity contribution is 4.99. The maximum absolute atomic E-state index is 10.2. The molecule has 0 aromatic carbocycles. The second-order valence-electron chi connectivity index (χ2n) is 5.65. The molecular weight excluding hydrogens is 320 g/mol. The van der Waals surface area contributed by atoms with Crippen molar-refractivity contribution in [2.45, 2.75) is 48.2 Å². The van der Waals surface area contributed by atoms with Crippen LogP contribution in [0.5, 0.6) is 0 Å². The molecule has 8 N–H and O–H groups in total. The first-order valence-electron chi connectivity index (χ1n) is 7.01. The fourth-order valence-electron chi connectivity index (χ4n) is 2.66. The molecule has 136 valence electrons. The lowest BCUT2D eigenvalue weighted by Crippen LogP contribution is -2.54. The first-order chi connectivity index (χ1) is 10.7. The quantitative estimate of drug-likeness (QED) is 0.230. The molecule has 0 aliphatic carbocycles. The average Bonchev–Trinajstić information content (AvgIpc) is 2.93. The molecule has 0 saturated carbocycles. The van der Waals surface area contributed by atoms with Gasteiger partial charge in [0.05, 0.1) is 13.2 Å². The van der Waals surface area contributed by atoms with E-state index >= 15 is 0 Å². The lowest BCUT2D eigenvalue weighted by molar-refractivity contribution is -0.328. The third-order valence-corrected chi connectivity index (χ3v) is 4.13. The van der Waals surface area contributed by atoms with E-state index in [1.807, 2.05) is 0 Å². The van der Waals surface area contributed by atoms with Crippen molar-refractivity contribution in [3.05, 3.63) is 0 Å². The van der Waals surface area contributed by atoms with E-state index in [2.05, 4.69) is 0 Å². The normalized spacial score (nSPS) is 50.6. The van der Waals surface area contributed by atoms with Crippen molar-refractivity contribution in [1.82, 2.24) is 0 Å². The maximum atomic E-state index is 10.2. The van der Waals surface area contributed by atoms with Gasteiger partial charge >= 0.3 is 0 Å². The van der Waals surface area contributed by atoms with E-state index in [1.165, 1.54) is 0 Å². The van der Waals surface area contributed by atoms with Gasteiger partial charge in [0.2, 0.25) is 11.6 Å². The number of hydrogen-bond donors (Lipinski definition) is 8. The summed E-state index contributed by atoms with van der Waals surface area (Å²) in [4.78, 5) is 0. The van der Waals surface area contributed by atoms with Crippen molar-refractivity contribution >= 4 is 0 Å². The predicted molar refractivity (Wildman–Crippen MR) is 68.7 cm³/mol. The van der Waals surface area contributed by atoms with Crippen LogP contribution in [0.3, 0.4) is 0 Å². The minimum absolute atomic E-state index is 0.655. The van der Waals surface area contributed by atoms with Gasteiger partial charge in [-0.05, 0) is 0 Å². The summed E-state index contributed by atoms with van der Waals surface area (Å²) in [6.45, 7) is -3.11. The second-order valence-corrected chi connectivity index (χ2v) is 5.65. The molecule has 2 saturated heterocycles. The van der Waals surface area contributed by atoms with Gasteiger partial charge in [-0.2, -0.15) is 0 Å². The van der Waals surface area contributed by atoms with Crippen molar-refractivity contribution < 1.29 is 55.1 Å². The Hall–Kier alpha value is -0.440. The van der Waals surface area contributed by atoms with E-state index in [-0.39, 0.29) is 0 Å². The fourth-order valence-corrected chi connectivity index (χ4v) is 2.66. The van der Waals surface area contributed by atoms with Crippen LogP contribution in [0.25, 0.3) is 0 Å². The molecule has 2 fully saturated rings. The zero-order chi connectivity index (χ0) is 17.4. The van der Waals surface area contributed by atoms with Crippen molar-refractivity contribution in [2.75, 3.05) is 26.4 Å². The van der Waals surface area contributed by atoms with Crippen molar-refractivity contribution in [2.24, 2.45) is 0 Å². The SMILES string of the molecule is OC[C@H]1O[C@@](CO)(OC[C@@]2(O)O[C@H](CO)[C@@H](O)[C@@H]2O)[C@@H](O)[C@@H]1O. The summed E-state index contributed by atoms with van der Waals surface area (Å²) in [6, 6.07) is 0. The Bertz CT molecular complexity index is 408. The minimum atomic E-state index is -2.43. The lowest BCUT2D eigenvalue weighted by atomic mass is 10.0. The molecule has 2 heterocycles. The Morgan fingerprint density at radius 2 is 1.35 bits per heavy atom. The van der Waals surface area contributed by atoms with Gasteiger partial charge in [0, 0.05) is 0 Å². The Labute approximate surface area is 130 Å². The largest absolute Gasteiger partial charge is 0.394 e. The van der Waals surface area contributed by atoms with Crippen LogP contribution < -0.4 is 0 Å². The van der Waals surface area contributed by atoms with Gasteiger partial charge < -0.3 is 55.1 Å².